The van der Waals surface area contributed by atoms with Gasteiger partial charge in [0.15, 0.2) is 5.11 Å². The van der Waals surface area contributed by atoms with Crippen LogP contribution in [0.5, 0.6) is 5.75 Å². The van der Waals surface area contributed by atoms with E-state index in [4.69, 9.17) is 17.0 Å². The Bertz CT molecular complexity index is 908. The Morgan fingerprint density at radius 3 is 2.31 bits per heavy atom. The molecular weight excluding hydrogens is 386 g/mol. The Morgan fingerprint density at radius 1 is 1.00 bits per heavy atom. The molecule has 0 radical (unpaired) electrons. The van der Waals surface area contributed by atoms with Crippen LogP contribution in [0.2, 0.25) is 0 Å². The molecule has 0 bridgehead atoms. The van der Waals surface area contributed by atoms with E-state index in [1.807, 2.05) is 36.9 Å². The second-order valence-corrected chi connectivity index (χ2v) is 7.52. The maximum absolute atomic E-state index is 12.8. The van der Waals surface area contributed by atoms with Crippen molar-refractivity contribution < 1.29 is 14.3 Å². The number of nitrogens with one attached hydrogen (secondary N) is 2. The summed E-state index contributed by atoms with van der Waals surface area (Å²) in [6.07, 6.45) is 1.99. The summed E-state index contributed by atoms with van der Waals surface area (Å²) in [6, 6.07) is 14.2. The number of likely N-dealkylation sites (tertiary alicyclic amines) is 1. The van der Waals surface area contributed by atoms with Gasteiger partial charge in [0.1, 0.15) is 5.75 Å². The van der Waals surface area contributed by atoms with Gasteiger partial charge in [-0.1, -0.05) is 24.3 Å². The molecule has 6 nitrogen and oxygen atoms in total. The van der Waals surface area contributed by atoms with E-state index in [1.165, 1.54) is 0 Å². The zero-order valence-electron chi connectivity index (χ0n) is 16.6. The van der Waals surface area contributed by atoms with Crippen molar-refractivity contribution in [1.29, 1.82) is 0 Å². The summed E-state index contributed by atoms with van der Waals surface area (Å²) in [7, 11) is 0. The lowest BCUT2D eigenvalue weighted by Gasteiger charge is -2.19. The molecule has 1 saturated heterocycles. The number of amides is 2. The Kier molecular flexibility index (Phi) is 6.82. The van der Waals surface area contributed by atoms with Crippen molar-refractivity contribution >= 4 is 34.8 Å². The average molecular weight is 412 g/mol. The van der Waals surface area contributed by atoms with Gasteiger partial charge in [-0.3, -0.25) is 14.9 Å². The number of rotatable bonds is 5. The second kappa shape index (κ2) is 9.52. The van der Waals surface area contributed by atoms with Gasteiger partial charge >= 0.3 is 0 Å². The first-order valence-electron chi connectivity index (χ1n) is 9.72. The molecule has 0 atom stereocenters. The van der Waals surface area contributed by atoms with Crippen LogP contribution in [0.25, 0.3) is 0 Å². The van der Waals surface area contributed by atoms with Crippen molar-refractivity contribution in [3.63, 3.8) is 0 Å². The molecule has 2 aromatic carbocycles. The highest BCUT2D eigenvalue weighted by atomic mass is 32.1. The normalized spacial score (nSPS) is 13.3. The number of nitrogens with zero attached hydrogens (tertiary/aromatic N) is 1. The first-order chi connectivity index (χ1) is 14.0. The van der Waals surface area contributed by atoms with Crippen LogP contribution in [-0.2, 0) is 0 Å². The van der Waals surface area contributed by atoms with E-state index in [0.717, 1.165) is 25.9 Å². The molecule has 0 aromatic heterocycles. The molecule has 2 N–H and O–H groups in total. The fraction of sp³-hybridized carbons (Fsp3) is 0.318. The lowest BCUT2D eigenvalue weighted by Crippen LogP contribution is -2.35. The number of thiocarbonyl (C=S) groups is 1. The fourth-order valence-corrected chi connectivity index (χ4v) is 3.41. The van der Waals surface area contributed by atoms with E-state index >= 15 is 0 Å². The van der Waals surface area contributed by atoms with Crippen molar-refractivity contribution in [3.05, 3.63) is 59.7 Å². The van der Waals surface area contributed by atoms with Crippen molar-refractivity contribution in [1.82, 2.24) is 10.2 Å². The highest BCUT2D eigenvalue weighted by Gasteiger charge is 2.22. The van der Waals surface area contributed by atoms with E-state index < -0.39 is 0 Å². The largest absolute Gasteiger partial charge is 0.490 e. The van der Waals surface area contributed by atoms with Gasteiger partial charge < -0.3 is 15.0 Å². The van der Waals surface area contributed by atoms with Crippen molar-refractivity contribution in [2.75, 3.05) is 18.4 Å². The molecule has 7 heteroatoms. The number of carbonyl (C=O) groups excluding carboxylic acids is 2. The summed E-state index contributed by atoms with van der Waals surface area (Å²) in [5.41, 5.74) is 1.50. The summed E-state index contributed by atoms with van der Waals surface area (Å²) < 4.78 is 5.70. The first-order valence-corrected chi connectivity index (χ1v) is 10.1. The Morgan fingerprint density at radius 2 is 1.62 bits per heavy atom. The minimum Gasteiger partial charge on any atom is -0.490 e. The number of benzene rings is 2. The van der Waals surface area contributed by atoms with E-state index in [9.17, 15) is 9.59 Å². The van der Waals surface area contributed by atoms with Crippen molar-refractivity contribution in [2.45, 2.75) is 32.8 Å². The highest BCUT2D eigenvalue weighted by molar-refractivity contribution is 7.80. The molecule has 1 aliphatic rings. The van der Waals surface area contributed by atoms with Gasteiger partial charge in [0.2, 0.25) is 0 Å². The predicted molar refractivity (Wildman–Crippen MR) is 117 cm³/mol. The van der Waals surface area contributed by atoms with Crippen molar-refractivity contribution in [3.8, 4) is 5.75 Å². The fourth-order valence-electron chi connectivity index (χ4n) is 3.20. The molecule has 1 aliphatic heterocycles. The molecule has 2 aromatic rings. The molecule has 0 saturated carbocycles. The molecule has 1 heterocycles. The van der Waals surface area contributed by atoms with E-state index in [0.29, 0.717) is 22.6 Å². The molecular formula is C22H25N3O3S. The summed E-state index contributed by atoms with van der Waals surface area (Å²) >= 11 is 5.32. The van der Waals surface area contributed by atoms with E-state index in [-0.39, 0.29) is 23.0 Å². The summed E-state index contributed by atoms with van der Waals surface area (Å²) in [6.45, 7) is 5.33. The smallest absolute Gasteiger partial charge is 0.261 e. The van der Waals surface area contributed by atoms with Crippen LogP contribution in [0.3, 0.4) is 0 Å². The quantitative estimate of drug-likeness (QED) is 0.732. The first kappa shape index (κ1) is 20.8. The van der Waals surface area contributed by atoms with Crippen LogP contribution in [0.1, 0.15) is 47.4 Å². The van der Waals surface area contributed by atoms with E-state index in [1.54, 1.807) is 30.3 Å². The third-order valence-corrected chi connectivity index (χ3v) is 4.72. The number of hydrogen-bond acceptors (Lipinski definition) is 4. The SMILES string of the molecule is CC(C)Oc1ccccc1C(=O)NC(=S)Nc1ccccc1C(=O)N1CCCC1. The minimum absolute atomic E-state index is 0.0320. The van der Waals surface area contributed by atoms with Gasteiger partial charge in [-0.05, 0) is 63.2 Å². The minimum atomic E-state index is -0.373. The van der Waals surface area contributed by atoms with Crippen LogP contribution >= 0.6 is 12.2 Å². The summed E-state index contributed by atoms with van der Waals surface area (Å²) in [5.74, 6) is 0.0879. The Hall–Kier alpha value is -2.93. The highest BCUT2D eigenvalue weighted by Crippen LogP contribution is 2.21. The Labute approximate surface area is 176 Å². The lowest BCUT2D eigenvalue weighted by atomic mass is 10.1. The standard InChI is InChI=1S/C22H25N3O3S/c1-15(2)28-19-12-6-4-10-17(19)20(26)24-22(29)23-18-11-5-3-9-16(18)21(27)25-13-7-8-14-25/h3-6,9-12,15H,7-8,13-14H2,1-2H3,(H2,23,24,26,29). The van der Waals surface area contributed by atoms with Crippen LogP contribution < -0.4 is 15.4 Å². The van der Waals surface area contributed by atoms with Gasteiger partial charge in [0.25, 0.3) is 11.8 Å². The van der Waals surface area contributed by atoms with Crippen molar-refractivity contribution in [2.24, 2.45) is 0 Å². The molecule has 152 valence electrons. The van der Waals surface area contributed by atoms with Crippen LogP contribution in [0.15, 0.2) is 48.5 Å². The molecule has 3 rings (SSSR count). The maximum atomic E-state index is 12.8. The monoisotopic (exact) mass is 411 g/mol. The summed E-state index contributed by atoms with van der Waals surface area (Å²) in [5, 5.41) is 5.78. The van der Waals surface area contributed by atoms with Crippen LogP contribution in [0.4, 0.5) is 5.69 Å². The number of anilines is 1. The van der Waals surface area contributed by atoms with Gasteiger partial charge in [-0.25, -0.2) is 0 Å². The Balaban J connectivity index is 1.70. The van der Waals surface area contributed by atoms with Crippen LogP contribution in [0, 0.1) is 0 Å². The van der Waals surface area contributed by atoms with Gasteiger partial charge in [-0.2, -0.15) is 0 Å². The number of ether oxygens (including phenoxy) is 1. The van der Waals surface area contributed by atoms with Gasteiger partial charge in [-0.15, -0.1) is 0 Å². The number of carbonyl (C=O) groups is 2. The average Bonchev–Trinajstić information content (AvgIpc) is 3.22. The zero-order valence-corrected chi connectivity index (χ0v) is 17.4. The maximum Gasteiger partial charge on any atom is 0.261 e. The molecule has 0 unspecified atom stereocenters. The number of para-hydroxylation sites is 2. The van der Waals surface area contributed by atoms with E-state index in [2.05, 4.69) is 10.6 Å². The molecule has 0 aliphatic carbocycles. The molecule has 29 heavy (non-hydrogen) atoms. The zero-order chi connectivity index (χ0) is 20.8. The topological polar surface area (TPSA) is 70.7 Å². The molecule has 2 amide bonds. The van der Waals surface area contributed by atoms with Crippen LogP contribution in [-0.4, -0.2) is 41.0 Å². The third-order valence-electron chi connectivity index (χ3n) is 4.52. The molecule has 1 fully saturated rings. The predicted octanol–water partition coefficient (Wildman–Crippen LogP) is 3.84. The molecule has 0 spiro atoms. The third kappa shape index (κ3) is 5.32. The van der Waals surface area contributed by atoms with Gasteiger partial charge in [0.05, 0.1) is 22.9 Å². The van der Waals surface area contributed by atoms with Gasteiger partial charge in [0, 0.05) is 13.1 Å². The lowest BCUT2D eigenvalue weighted by molar-refractivity contribution is 0.0793. The second-order valence-electron chi connectivity index (χ2n) is 7.12. The summed E-state index contributed by atoms with van der Waals surface area (Å²) in [4.78, 5) is 27.3. The number of hydrogen-bond donors (Lipinski definition) is 2.